The summed E-state index contributed by atoms with van der Waals surface area (Å²) in [7, 11) is -1.46. The molecule has 0 unspecified atom stereocenters. The quantitative estimate of drug-likeness (QED) is 0.769. The van der Waals surface area contributed by atoms with Gasteiger partial charge in [-0.05, 0) is 19.1 Å². The van der Waals surface area contributed by atoms with Crippen LogP contribution in [0.15, 0.2) is 41.3 Å². The van der Waals surface area contributed by atoms with Crippen LogP contribution in [-0.4, -0.2) is 40.3 Å². The summed E-state index contributed by atoms with van der Waals surface area (Å²) in [4.78, 5) is 11.3. The zero-order valence-electron chi connectivity index (χ0n) is 14.4. The minimum absolute atomic E-state index is 0.0109. The van der Waals surface area contributed by atoms with Gasteiger partial charge in [0.2, 0.25) is 0 Å². The lowest BCUT2D eigenvalue weighted by Gasteiger charge is -2.25. The second-order valence-electron chi connectivity index (χ2n) is 5.38. The molecule has 0 aliphatic heterocycles. The highest BCUT2D eigenvalue weighted by molar-refractivity contribution is 7.92. The molecule has 140 valence electrons. The lowest BCUT2D eigenvalue weighted by atomic mass is 10.2. The highest BCUT2D eigenvalue weighted by Crippen LogP contribution is 2.40. The zero-order chi connectivity index (χ0) is 19.5. The van der Waals surface area contributed by atoms with Gasteiger partial charge in [0.1, 0.15) is 18.0 Å². The molecule has 2 aromatic carbocycles. The smallest absolute Gasteiger partial charge is 0.324 e. The molecule has 0 spiro atoms. The second-order valence-corrected chi connectivity index (χ2v) is 7.65. The minimum atomic E-state index is -4.16. The third-order valence-corrected chi connectivity index (χ3v) is 5.68. The van der Waals surface area contributed by atoms with Crippen LogP contribution in [0, 0.1) is 6.92 Å². The van der Waals surface area contributed by atoms with Gasteiger partial charge in [0.05, 0.1) is 29.8 Å². The molecule has 0 heterocycles. The van der Waals surface area contributed by atoms with E-state index in [0.717, 1.165) is 9.87 Å². The first kappa shape index (κ1) is 19.9. The normalized spacial score (nSPS) is 11.1. The number of aliphatic carboxylic acids is 1. The molecule has 0 aromatic heterocycles. The van der Waals surface area contributed by atoms with Gasteiger partial charge >= 0.3 is 5.97 Å². The summed E-state index contributed by atoms with van der Waals surface area (Å²) < 4.78 is 37.2. The van der Waals surface area contributed by atoms with E-state index in [0.29, 0.717) is 0 Å². The van der Waals surface area contributed by atoms with Gasteiger partial charge in [-0.15, -0.1) is 0 Å². The SMILES string of the molecule is COc1cc(N(CC(=O)O)S(=O)(=O)c2ccc(C)cc2)c(OC)cc1Cl. The molecule has 0 radical (unpaired) electrons. The van der Waals surface area contributed by atoms with E-state index < -0.39 is 22.5 Å². The van der Waals surface area contributed by atoms with Crippen molar-refractivity contribution in [3.8, 4) is 11.5 Å². The van der Waals surface area contributed by atoms with Crippen LogP contribution >= 0.6 is 11.6 Å². The van der Waals surface area contributed by atoms with Gasteiger partial charge < -0.3 is 14.6 Å². The molecule has 0 amide bonds. The maximum atomic E-state index is 13.1. The van der Waals surface area contributed by atoms with Crippen molar-refractivity contribution in [2.24, 2.45) is 0 Å². The highest BCUT2D eigenvalue weighted by Gasteiger charge is 2.30. The Morgan fingerprint density at radius 3 is 2.19 bits per heavy atom. The molecule has 0 saturated heterocycles. The fourth-order valence-corrected chi connectivity index (χ4v) is 3.95. The average molecular weight is 400 g/mol. The van der Waals surface area contributed by atoms with Crippen LogP contribution in [0.3, 0.4) is 0 Å². The number of anilines is 1. The number of rotatable bonds is 7. The van der Waals surface area contributed by atoms with E-state index in [4.69, 9.17) is 21.1 Å². The number of carboxylic acid groups (broad SMARTS) is 1. The van der Waals surface area contributed by atoms with E-state index in [1.54, 1.807) is 12.1 Å². The first-order valence-corrected chi connectivity index (χ1v) is 9.25. The Bertz CT molecular complexity index is 912. The summed E-state index contributed by atoms with van der Waals surface area (Å²) >= 11 is 6.05. The topological polar surface area (TPSA) is 93.1 Å². The fraction of sp³-hybridized carbons (Fsp3) is 0.235. The Hall–Kier alpha value is -2.45. The van der Waals surface area contributed by atoms with Crippen molar-refractivity contribution in [1.29, 1.82) is 0 Å². The van der Waals surface area contributed by atoms with E-state index in [-0.39, 0.29) is 27.1 Å². The van der Waals surface area contributed by atoms with Crippen LogP contribution in [0.5, 0.6) is 11.5 Å². The third-order valence-electron chi connectivity index (χ3n) is 3.61. The molecule has 0 bridgehead atoms. The first-order chi connectivity index (χ1) is 12.2. The molecule has 0 atom stereocenters. The van der Waals surface area contributed by atoms with Gasteiger partial charge in [-0.25, -0.2) is 8.42 Å². The van der Waals surface area contributed by atoms with Gasteiger partial charge in [0.25, 0.3) is 10.0 Å². The van der Waals surface area contributed by atoms with Crippen molar-refractivity contribution in [1.82, 2.24) is 0 Å². The van der Waals surface area contributed by atoms with Crippen LogP contribution in [0.2, 0.25) is 5.02 Å². The number of sulfonamides is 1. The summed E-state index contributed by atoms with van der Waals surface area (Å²) in [5, 5.41) is 9.44. The van der Waals surface area contributed by atoms with E-state index in [2.05, 4.69) is 0 Å². The Kier molecular flexibility index (Phi) is 5.99. The van der Waals surface area contributed by atoms with E-state index in [1.807, 2.05) is 6.92 Å². The van der Waals surface area contributed by atoms with Crippen molar-refractivity contribution in [3.05, 3.63) is 47.0 Å². The Morgan fingerprint density at radius 2 is 1.69 bits per heavy atom. The van der Waals surface area contributed by atoms with E-state index in [9.17, 15) is 18.3 Å². The van der Waals surface area contributed by atoms with Crippen LogP contribution in [0.4, 0.5) is 5.69 Å². The number of nitrogens with zero attached hydrogens (tertiary/aromatic N) is 1. The zero-order valence-corrected chi connectivity index (χ0v) is 16.0. The van der Waals surface area contributed by atoms with Gasteiger partial charge in [-0.1, -0.05) is 29.3 Å². The van der Waals surface area contributed by atoms with Gasteiger partial charge in [-0.3, -0.25) is 9.10 Å². The van der Waals surface area contributed by atoms with E-state index >= 15 is 0 Å². The van der Waals surface area contributed by atoms with Crippen LogP contribution in [0.25, 0.3) is 0 Å². The summed E-state index contributed by atoms with van der Waals surface area (Å²) in [5.41, 5.74) is 0.885. The third kappa shape index (κ3) is 4.03. The Balaban J connectivity index is 2.68. The van der Waals surface area contributed by atoms with Gasteiger partial charge in [0, 0.05) is 12.1 Å². The van der Waals surface area contributed by atoms with E-state index in [1.165, 1.54) is 38.5 Å². The molecule has 7 nitrogen and oxygen atoms in total. The lowest BCUT2D eigenvalue weighted by Crippen LogP contribution is -2.36. The van der Waals surface area contributed by atoms with Crippen molar-refractivity contribution < 1.29 is 27.8 Å². The van der Waals surface area contributed by atoms with Gasteiger partial charge in [-0.2, -0.15) is 0 Å². The van der Waals surface area contributed by atoms with Crippen LogP contribution in [0.1, 0.15) is 5.56 Å². The lowest BCUT2D eigenvalue weighted by molar-refractivity contribution is -0.135. The average Bonchev–Trinajstić information content (AvgIpc) is 2.59. The molecule has 0 aliphatic carbocycles. The summed E-state index contributed by atoms with van der Waals surface area (Å²) in [6.45, 7) is 1.02. The molecule has 1 N–H and O–H groups in total. The predicted octanol–water partition coefficient (Wildman–Crippen LogP) is 2.95. The standard InChI is InChI=1S/C17H18ClNO6S/c1-11-4-6-12(7-5-11)26(22,23)19(10-17(20)21)14-9-15(24-2)13(18)8-16(14)25-3/h4-9H,10H2,1-3H3,(H,20,21). The number of benzene rings is 2. The number of hydrogen-bond acceptors (Lipinski definition) is 5. The number of halogens is 1. The van der Waals surface area contributed by atoms with Crippen molar-refractivity contribution in [3.63, 3.8) is 0 Å². The van der Waals surface area contributed by atoms with Crippen molar-refractivity contribution >= 4 is 33.3 Å². The summed E-state index contributed by atoms with van der Waals surface area (Å²) in [6.07, 6.45) is 0. The molecule has 2 rings (SSSR count). The van der Waals surface area contributed by atoms with Crippen molar-refractivity contribution in [2.45, 2.75) is 11.8 Å². The molecule has 0 aliphatic rings. The predicted molar refractivity (Wildman–Crippen MR) is 97.9 cm³/mol. The number of carbonyl (C=O) groups is 1. The second kappa shape index (κ2) is 7.84. The fourth-order valence-electron chi connectivity index (χ4n) is 2.30. The number of carboxylic acids is 1. The number of ether oxygens (including phenoxy) is 2. The Labute approximate surface area is 156 Å². The molecule has 26 heavy (non-hydrogen) atoms. The van der Waals surface area contributed by atoms with Crippen LogP contribution < -0.4 is 13.8 Å². The van der Waals surface area contributed by atoms with Crippen molar-refractivity contribution in [2.75, 3.05) is 25.1 Å². The number of methoxy groups -OCH3 is 2. The molecule has 0 saturated carbocycles. The largest absolute Gasteiger partial charge is 0.495 e. The molecular weight excluding hydrogens is 382 g/mol. The van der Waals surface area contributed by atoms with Crippen LogP contribution in [-0.2, 0) is 14.8 Å². The maximum absolute atomic E-state index is 13.1. The maximum Gasteiger partial charge on any atom is 0.324 e. The first-order valence-electron chi connectivity index (χ1n) is 7.43. The monoisotopic (exact) mass is 399 g/mol. The summed E-state index contributed by atoms with van der Waals surface area (Å²) in [5.74, 6) is -1.03. The molecule has 2 aromatic rings. The molecule has 9 heteroatoms. The Morgan fingerprint density at radius 1 is 1.12 bits per heavy atom. The number of aryl methyl sites for hydroxylation is 1. The summed E-state index contributed by atoms with van der Waals surface area (Å²) in [6, 6.07) is 8.79. The molecular formula is C17H18ClNO6S. The number of hydrogen-bond donors (Lipinski definition) is 1. The highest BCUT2D eigenvalue weighted by atomic mass is 35.5. The minimum Gasteiger partial charge on any atom is -0.495 e. The van der Waals surface area contributed by atoms with Gasteiger partial charge in [0.15, 0.2) is 0 Å². The molecule has 0 fully saturated rings.